The molecule has 19 heavy (non-hydrogen) atoms. The predicted molar refractivity (Wildman–Crippen MR) is 84.3 cm³/mol. The molecule has 102 valence electrons. The SMILES string of the molecule is CCNCc1ccc(OC)c(CSc2cccs2)c1. The molecule has 1 aromatic carbocycles. The third kappa shape index (κ3) is 4.27. The molecule has 2 aromatic rings. The topological polar surface area (TPSA) is 21.3 Å². The van der Waals surface area contributed by atoms with E-state index in [9.17, 15) is 0 Å². The summed E-state index contributed by atoms with van der Waals surface area (Å²) in [5.41, 5.74) is 2.57. The zero-order valence-corrected chi connectivity index (χ0v) is 12.9. The molecule has 0 spiro atoms. The van der Waals surface area contributed by atoms with Crippen molar-refractivity contribution in [2.24, 2.45) is 0 Å². The van der Waals surface area contributed by atoms with E-state index in [0.717, 1.165) is 24.6 Å². The smallest absolute Gasteiger partial charge is 0.122 e. The van der Waals surface area contributed by atoms with Crippen molar-refractivity contribution in [3.05, 3.63) is 46.8 Å². The van der Waals surface area contributed by atoms with Gasteiger partial charge in [0.1, 0.15) is 5.75 Å². The second-order valence-electron chi connectivity index (χ2n) is 4.15. The van der Waals surface area contributed by atoms with E-state index in [1.165, 1.54) is 15.3 Å². The molecule has 0 radical (unpaired) electrons. The van der Waals surface area contributed by atoms with Gasteiger partial charge in [-0.2, -0.15) is 0 Å². The number of methoxy groups -OCH3 is 1. The number of hydrogen-bond donors (Lipinski definition) is 1. The monoisotopic (exact) mass is 293 g/mol. The van der Waals surface area contributed by atoms with Crippen LogP contribution in [0.25, 0.3) is 0 Å². The molecule has 4 heteroatoms. The Hall–Kier alpha value is -0.970. The number of hydrogen-bond acceptors (Lipinski definition) is 4. The fraction of sp³-hybridized carbons (Fsp3) is 0.333. The lowest BCUT2D eigenvalue weighted by molar-refractivity contribution is 0.411. The molecule has 1 heterocycles. The highest BCUT2D eigenvalue weighted by Crippen LogP contribution is 2.31. The molecule has 2 rings (SSSR count). The minimum atomic E-state index is 0.914. The van der Waals surface area contributed by atoms with Gasteiger partial charge >= 0.3 is 0 Å². The van der Waals surface area contributed by atoms with Crippen molar-refractivity contribution in [1.82, 2.24) is 5.32 Å². The Balaban J connectivity index is 2.07. The molecule has 0 fully saturated rings. The molecule has 0 saturated carbocycles. The van der Waals surface area contributed by atoms with E-state index in [1.807, 2.05) is 11.8 Å². The van der Waals surface area contributed by atoms with E-state index in [2.05, 4.69) is 48.0 Å². The highest BCUT2D eigenvalue weighted by atomic mass is 32.2. The zero-order chi connectivity index (χ0) is 13.5. The van der Waals surface area contributed by atoms with Crippen LogP contribution in [0, 0.1) is 0 Å². The van der Waals surface area contributed by atoms with E-state index < -0.39 is 0 Å². The molecule has 0 aliphatic carbocycles. The van der Waals surface area contributed by atoms with Gasteiger partial charge in [0, 0.05) is 17.9 Å². The van der Waals surface area contributed by atoms with Gasteiger partial charge in [0.05, 0.1) is 11.3 Å². The van der Waals surface area contributed by atoms with Gasteiger partial charge in [-0.1, -0.05) is 19.1 Å². The molecule has 0 aliphatic heterocycles. The van der Waals surface area contributed by atoms with Crippen LogP contribution in [-0.4, -0.2) is 13.7 Å². The van der Waals surface area contributed by atoms with Crippen molar-refractivity contribution in [3.8, 4) is 5.75 Å². The molecule has 0 atom stereocenters. The zero-order valence-electron chi connectivity index (χ0n) is 11.3. The number of thiophene rings is 1. The summed E-state index contributed by atoms with van der Waals surface area (Å²) in [4.78, 5) is 0. The van der Waals surface area contributed by atoms with Gasteiger partial charge < -0.3 is 10.1 Å². The van der Waals surface area contributed by atoms with Crippen molar-refractivity contribution in [2.45, 2.75) is 23.4 Å². The first-order valence-corrected chi connectivity index (χ1v) is 8.22. The first-order chi connectivity index (χ1) is 9.33. The van der Waals surface area contributed by atoms with Gasteiger partial charge in [-0.05, 0) is 35.7 Å². The van der Waals surface area contributed by atoms with Crippen LogP contribution in [0.4, 0.5) is 0 Å². The van der Waals surface area contributed by atoms with E-state index >= 15 is 0 Å². The first kappa shape index (κ1) is 14.4. The Morgan fingerprint density at radius 2 is 2.21 bits per heavy atom. The van der Waals surface area contributed by atoms with Crippen molar-refractivity contribution in [3.63, 3.8) is 0 Å². The van der Waals surface area contributed by atoms with E-state index in [-0.39, 0.29) is 0 Å². The summed E-state index contributed by atoms with van der Waals surface area (Å²) in [6, 6.07) is 10.7. The molecule has 0 amide bonds. The van der Waals surface area contributed by atoms with E-state index in [1.54, 1.807) is 18.4 Å². The first-order valence-electron chi connectivity index (χ1n) is 6.36. The lowest BCUT2D eigenvalue weighted by Gasteiger charge is -2.10. The lowest BCUT2D eigenvalue weighted by atomic mass is 10.1. The maximum atomic E-state index is 5.44. The predicted octanol–water partition coefficient (Wildman–Crippen LogP) is 4.16. The van der Waals surface area contributed by atoms with Crippen molar-refractivity contribution >= 4 is 23.1 Å². The fourth-order valence-corrected chi connectivity index (χ4v) is 3.58. The van der Waals surface area contributed by atoms with Crippen molar-refractivity contribution in [2.75, 3.05) is 13.7 Å². The van der Waals surface area contributed by atoms with Gasteiger partial charge in [-0.25, -0.2) is 0 Å². The van der Waals surface area contributed by atoms with Crippen LogP contribution in [0.15, 0.2) is 39.9 Å². The van der Waals surface area contributed by atoms with Gasteiger partial charge in [0.25, 0.3) is 0 Å². The maximum absolute atomic E-state index is 5.44. The second kappa shape index (κ2) is 7.58. The molecule has 1 N–H and O–H groups in total. The second-order valence-corrected chi connectivity index (χ2v) is 6.37. The quantitative estimate of drug-likeness (QED) is 0.775. The average Bonchev–Trinajstić information content (AvgIpc) is 2.96. The Morgan fingerprint density at radius 3 is 2.89 bits per heavy atom. The Morgan fingerprint density at radius 1 is 1.32 bits per heavy atom. The molecular formula is C15H19NOS2. The Bertz CT molecular complexity index is 497. The molecule has 0 bridgehead atoms. The van der Waals surface area contributed by atoms with Gasteiger partial charge in [-0.3, -0.25) is 0 Å². The van der Waals surface area contributed by atoms with Gasteiger partial charge in [0.2, 0.25) is 0 Å². The average molecular weight is 293 g/mol. The minimum absolute atomic E-state index is 0.914. The van der Waals surface area contributed by atoms with Crippen LogP contribution in [0.5, 0.6) is 5.75 Å². The molecular weight excluding hydrogens is 274 g/mol. The number of rotatable bonds is 7. The lowest BCUT2D eigenvalue weighted by Crippen LogP contribution is -2.11. The van der Waals surface area contributed by atoms with Crippen molar-refractivity contribution in [1.29, 1.82) is 0 Å². The van der Waals surface area contributed by atoms with Crippen molar-refractivity contribution < 1.29 is 4.74 Å². The molecule has 0 unspecified atom stereocenters. The van der Waals surface area contributed by atoms with Crippen LogP contribution in [0.2, 0.25) is 0 Å². The summed E-state index contributed by atoms with van der Waals surface area (Å²) in [5, 5.41) is 5.47. The van der Waals surface area contributed by atoms with Crippen LogP contribution < -0.4 is 10.1 Å². The Kier molecular flexibility index (Phi) is 5.76. The summed E-state index contributed by atoms with van der Waals surface area (Å²) < 4.78 is 6.79. The third-order valence-corrected chi connectivity index (χ3v) is 4.97. The van der Waals surface area contributed by atoms with E-state index in [0.29, 0.717) is 0 Å². The molecule has 1 aromatic heterocycles. The standard InChI is InChI=1S/C15H19NOS2/c1-3-16-10-12-6-7-14(17-2)13(9-12)11-19-15-5-4-8-18-15/h4-9,16H,3,10-11H2,1-2H3. The number of nitrogens with one attached hydrogen (secondary N) is 1. The largest absolute Gasteiger partial charge is 0.496 e. The molecule has 0 saturated heterocycles. The number of ether oxygens (including phenoxy) is 1. The third-order valence-electron chi connectivity index (χ3n) is 2.79. The number of thioether (sulfide) groups is 1. The van der Waals surface area contributed by atoms with Crippen LogP contribution in [0.3, 0.4) is 0 Å². The van der Waals surface area contributed by atoms with Crippen LogP contribution in [-0.2, 0) is 12.3 Å². The van der Waals surface area contributed by atoms with Crippen LogP contribution >= 0.6 is 23.1 Å². The van der Waals surface area contributed by atoms with Gasteiger partial charge in [0.15, 0.2) is 0 Å². The Labute approximate surface area is 123 Å². The summed E-state index contributed by atoms with van der Waals surface area (Å²) in [6.07, 6.45) is 0. The highest BCUT2D eigenvalue weighted by Gasteiger charge is 2.06. The van der Waals surface area contributed by atoms with Gasteiger partial charge in [-0.15, -0.1) is 23.1 Å². The number of benzene rings is 1. The highest BCUT2D eigenvalue weighted by molar-refractivity contribution is 8.00. The van der Waals surface area contributed by atoms with Crippen LogP contribution in [0.1, 0.15) is 18.1 Å². The summed E-state index contributed by atoms with van der Waals surface area (Å²) >= 11 is 3.64. The summed E-state index contributed by atoms with van der Waals surface area (Å²) in [6.45, 7) is 4.03. The molecule has 2 nitrogen and oxygen atoms in total. The summed E-state index contributed by atoms with van der Waals surface area (Å²) in [5.74, 6) is 1.92. The fourth-order valence-electron chi connectivity index (χ4n) is 1.82. The maximum Gasteiger partial charge on any atom is 0.122 e. The minimum Gasteiger partial charge on any atom is -0.496 e. The normalized spacial score (nSPS) is 10.6. The molecule has 0 aliphatic rings. The van der Waals surface area contributed by atoms with E-state index in [4.69, 9.17) is 4.74 Å². The summed E-state index contributed by atoms with van der Waals surface area (Å²) in [7, 11) is 1.73.